The second-order valence-electron chi connectivity index (χ2n) is 5.73. The number of methoxy groups -OCH3 is 1. The lowest BCUT2D eigenvalue weighted by Crippen LogP contribution is -2.47. The Balaban J connectivity index is 2.12. The average molecular weight is 291 g/mol. The number of pyridine rings is 1. The van der Waals surface area contributed by atoms with E-state index in [0.717, 1.165) is 31.4 Å². The Hall–Kier alpha value is -1.46. The number of ether oxygens (including phenoxy) is 1. The molecule has 1 aliphatic carbocycles. The van der Waals surface area contributed by atoms with Crippen molar-refractivity contribution in [2.75, 3.05) is 26.8 Å². The van der Waals surface area contributed by atoms with Crippen LogP contribution in [0.3, 0.4) is 0 Å². The van der Waals surface area contributed by atoms with Gasteiger partial charge in [-0.05, 0) is 25.0 Å². The van der Waals surface area contributed by atoms with Crippen LogP contribution in [0, 0.1) is 5.41 Å². The van der Waals surface area contributed by atoms with Crippen LogP contribution >= 0.6 is 0 Å². The number of rotatable bonds is 7. The molecule has 2 N–H and O–H groups in total. The fourth-order valence-electron chi connectivity index (χ4n) is 3.03. The Morgan fingerprint density at radius 1 is 1.43 bits per heavy atom. The summed E-state index contributed by atoms with van der Waals surface area (Å²) in [4.78, 5) is 19.1. The zero-order valence-corrected chi connectivity index (χ0v) is 12.8. The molecule has 0 saturated heterocycles. The van der Waals surface area contributed by atoms with E-state index >= 15 is 0 Å². The largest absolute Gasteiger partial charge is 0.383 e. The lowest BCUT2D eigenvalue weighted by Gasteiger charge is -2.33. The second-order valence-corrected chi connectivity index (χ2v) is 5.73. The highest BCUT2D eigenvalue weighted by Crippen LogP contribution is 2.39. The van der Waals surface area contributed by atoms with Gasteiger partial charge in [0.2, 0.25) is 5.91 Å². The van der Waals surface area contributed by atoms with Crippen molar-refractivity contribution in [2.24, 2.45) is 11.1 Å². The highest BCUT2D eigenvalue weighted by atomic mass is 16.5. The lowest BCUT2D eigenvalue weighted by molar-refractivity contribution is -0.142. The van der Waals surface area contributed by atoms with E-state index < -0.39 is 0 Å². The molecule has 0 unspecified atom stereocenters. The summed E-state index contributed by atoms with van der Waals surface area (Å²) in [5.74, 6) is 0.158. The van der Waals surface area contributed by atoms with Gasteiger partial charge in [0.05, 0.1) is 24.3 Å². The summed E-state index contributed by atoms with van der Waals surface area (Å²) >= 11 is 0. The maximum atomic E-state index is 13.0. The van der Waals surface area contributed by atoms with Crippen LogP contribution in [0.4, 0.5) is 0 Å². The van der Waals surface area contributed by atoms with Crippen LogP contribution < -0.4 is 5.73 Å². The molecule has 0 aliphatic heterocycles. The number of carbonyl (C=O) groups is 1. The molecule has 1 saturated carbocycles. The summed E-state index contributed by atoms with van der Waals surface area (Å²) in [5, 5.41) is 0. The molecular formula is C16H25N3O2. The highest BCUT2D eigenvalue weighted by Gasteiger charge is 2.42. The Kier molecular flexibility index (Phi) is 5.70. The summed E-state index contributed by atoms with van der Waals surface area (Å²) in [5.41, 5.74) is 6.46. The molecule has 0 atom stereocenters. The van der Waals surface area contributed by atoms with Crippen LogP contribution in [0.25, 0.3) is 0 Å². The fourth-order valence-corrected chi connectivity index (χ4v) is 3.03. The molecule has 5 nitrogen and oxygen atoms in total. The minimum absolute atomic E-state index is 0.158. The van der Waals surface area contributed by atoms with Gasteiger partial charge in [0.15, 0.2) is 0 Å². The van der Waals surface area contributed by atoms with Crippen molar-refractivity contribution in [1.82, 2.24) is 9.88 Å². The summed E-state index contributed by atoms with van der Waals surface area (Å²) in [6, 6.07) is 5.76. The van der Waals surface area contributed by atoms with E-state index in [-0.39, 0.29) is 11.3 Å². The number of carbonyl (C=O) groups excluding carboxylic acids is 1. The molecular weight excluding hydrogens is 266 g/mol. The van der Waals surface area contributed by atoms with Crippen molar-refractivity contribution in [3.8, 4) is 0 Å². The number of amides is 1. The zero-order chi connectivity index (χ0) is 15.1. The maximum Gasteiger partial charge on any atom is 0.230 e. The van der Waals surface area contributed by atoms with Crippen LogP contribution in [-0.2, 0) is 16.1 Å². The van der Waals surface area contributed by atoms with Crippen molar-refractivity contribution in [3.63, 3.8) is 0 Å². The van der Waals surface area contributed by atoms with Gasteiger partial charge >= 0.3 is 0 Å². The van der Waals surface area contributed by atoms with Crippen molar-refractivity contribution in [1.29, 1.82) is 0 Å². The topological polar surface area (TPSA) is 68.5 Å². The molecule has 21 heavy (non-hydrogen) atoms. The average Bonchev–Trinajstić information content (AvgIpc) is 3.02. The second kappa shape index (κ2) is 7.52. The van der Waals surface area contributed by atoms with Gasteiger partial charge in [-0.1, -0.05) is 18.9 Å². The molecule has 0 spiro atoms. The Morgan fingerprint density at radius 3 is 2.76 bits per heavy atom. The van der Waals surface area contributed by atoms with Crippen molar-refractivity contribution in [3.05, 3.63) is 30.1 Å². The van der Waals surface area contributed by atoms with E-state index in [4.69, 9.17) is 10.5 Å². The van der Waals surface area contributed by atoms with E-state index in [1.807, 2.05) is 23.1 Å². The molecule has 2 rings (SSSR count). The number of nitrogens with two attached hydrogens (primary N) is 1. The molecule has 0 radical (unpaired) electrons. The molecule has 1 aliphatic rings. The van der Waals surface area contributed by atoms with Gasteiger partial charge in [-0.2, -0.15) is 0 Å². The Morgan fingerprint density at radius 2 is 2.19 bits per heavy atom. The number of nitrogens with zero attached hydrogens (tertiary/aromatic N) is 2. The quantitative estimate of drug-likeness (QED) is 0.828. The first-order valence-electron chi connectivity index (χ1n) is 7.60. The molecule has 1 fully saturated rings. The maximum absolute atomic E-state index is 13.0. The Labute approximate surface area is 126 Å². The van der Waals surface area contributed by atoms with Gasteiger partial charge < -0.3 is 15.4 Å². The predicted octanol–water partition coefficient (Wildman–Crippen LogP) is 1.58. The highest BCUT2D eigenvalue weighted by molar-refractivity contribution is 5.83. The van der Waals surface area contributed by atoms with E-state index in [1.165, 1.54) is 0 Å². The molecule has 1 aromatic heterocycles. The van der Waals surface area contributed by atoms with Crippen LogP contribution in [-0.4, -0.2) is 42.6 Å². The molecule has 1 heterocycles. The van der Waals surface area contributed by atoms with Crippen molar-refractivity contribution < 1.29 is 9.53 Å². The van der Waals surface area contributed by atoms with Crippen LogP contribution in [0.5, 0.6) is 0 Å². The predicted molar refractivity (Wildman–Crippen MR) is 81.5 cm³/mol. The van der Waals surface area contributed by atoms with Gasteiger partial charge in [0.25, 0.3) is 0 Å². The minimum atomic E-state index is -0.372. The number of aromatic nitrogens is 1. The summed E-state index contributed by atoms with van der Waals surface area (Å²) < 4.78 is 5.14. The van der Waals surface area contributed by atoms with Crippen LogP contribution in [0.2, 0.25) is 0 Å². The van der Waals surface area contributed by atoms with Crippen LogP contribution in [0.1, 0.15) is 31.4 Å². The first kappa shape index (κ1) is 15.9. The SMILES string of the molecule is COCCN(Cc1ccccn1)C(=O)C1(CN)CCCC1. The van der Waals surface area contributed by atoms with Gasteiger partial charge in [-0.3, -0.25) is 9.78 Å². The molecule has 0 aromatic carbocycles. The third-order valence-electron chi connectivity index (χ3n) is 4.34. The summed E-state index contributed by atoms with van der Waals surface area (Å²) in [7, 11) is 1.65. The van der Waals surface area contributed by atoms with E-state index in [9.17, 15) is 4.79 Å². The van der Waals surface area contributed by atoms with E-state index in [1.54, 1.807) is 13.3 Å². The van der Waals surface area contributed by atoms with Crippen LogP contribution in [0.15, 0.2) is 24.4 Å². The summed E-state index contributed by atoms with van der Waals surface area (Å²) in [6.07, 6.45) is 5.72. The molecule has 116 valence electrons. The van der Waals surface area contributed by atoms with E-state index in [2.05, 4.69) is 4.98 Å². The number of hydrogen-bond acceptors (Lipinski definition) is 4. The normalized spacial score (nSPS) is 16.9. The zero-order valence-electron chi connectivity index (χ0n) is 12.8. The fraction of sp³-hybridized carbons (Fsp3) is 0.625. The van der Waals surface area contributed by atoms with Crippen molar-refractivity contribution in [2.45, 2.75) is 32.2 Å². The van der Waals surface area contributed by atoms with Crippen molar-refractivity contribution >= 4 is 5.91 Å². The molecule has 5 heteroatoms. The van der Waals surface area contributed by atoms with Gasteiger partial charge in [0, 0.05) is 26.4 Å². The third kappa shape index (κ3) is 3.80. The van der Waals surface area contributed by atoms with E-state index in [0.29, 0.717) is 26.2 Å². The smallest absolute Gasteiger partial charge is 0.230 e. The first-order valence-corrected chi connectivity index (χ1v) is 7.60. The third-order valence-corrected chi connectivity index (χ3v) is 4.34. The minimum Gasteiger partial charge on any atom is -0.383 e. The first-order chi connectivity index (χ1) is 10.2. The number of hydrogen-bond donors (Lipinski definition) is 1. The standard InChI is InChI=1S/C16H25N3O2/c1-21-11-10-19(12-14-6-2-5-9-18-14)15(20)16(13-17)7-3-4-8-16/h2,5-6,9H,3-4,7-8,10-13,17H2,1H3. The molecule has 1 aromatic rings. The molecule has 1 amide bonds. The Bertz CT molecular complexity index is 444. The van der Waals surface area contributed by atoms with Gasteiger partial charge in [-0.25, -0.2) is 0 Å². The van der Waals surface area contributed by atoms with Gasteiger partial charge in [-0.15, -0.1) is 0 Å². The molecule has 0 bridgehead atoms. The summed E-state index contributed by atoms with van der Waals surface area (Å²) in [6.45, 7) is 2.05. The monoisotopic (exact) mass is 291 g/mol. The lowest BCUT2D eigenvalue weighted by atomic mass is 9.84. The van der Waals surface area contributed by atoms with Gasteiger partial charge in [0.1, 0.15) is 0 Å².